The summed E-state index contributed by atoms with van der Waals surface area (Å²) in [5.41, 5.74) is 1.58. The van der Waals surface area contributed by atoms with E-state index in [0.717, 1.165) is 10.9 Å². The van der Waals surface area contributed by atoms with Crippen molar-refractivity contribution < 1.29 is 28.5 Å². The standard InChI is InChI=1S/C20H21N3O6S/c1-11(2)14-8-15(17(25)9-16(14)24)19-20(23(22-21-19)10-18(26)27)12-5-4-6-13(7-12)30(3,28)29/h4-9,11,24-25H,10H2,1-3H3,(H,26,27). The quantitative estimate of drug-likeness (QED) is 0.540. The van der Waals surface area contributed by atoms with Crippen LogP contribution in [0.1, 0.15) is 25.3 Å². The fourth-order valence-corrected chi connectivity index (χ4v) is 3.81. The van der Waals surface area contributed by atoms with Crippen LogP contribution in [0, 0.1) is 0 Å². The van der Waals surface area contributed by atoms with Crippen LogP contribution in [0.5, 0.6) is 11.5 Å². The van der Waals surface area contributed by atoms with Crippen LogP contribution >= 0.6 is 0 Å². The van der Waals surface area contributed by atoms with Gasteiger partial charge in [0.25, 0.3) is 0 Å². The molecule has 9 nitrogen and oxygen atoms in total. The lowest BCUT2D eigenvalue weighted by molar-refractivity contribution is -0.137. The number of rotatable bonds is 6. The van der Waals surface area contributed by atoms with Crippen molar-refractivity contribution in [2.24, 2.45) is 0 Å². The molecule has 10 heteroatoms. The van der Waals surface area contributed by atoms with Crippen molar-refractivity contribution in [3.63, 3.8) is 0 Å². The first kappa shape index (κ1) is 21.3. The molecule has 1 aromatic heterocycles. The van der Waals surface area contributed by atoms with Gasteiger partial charge >= 0.3 is 5.97 Å². The predicted octanol–water partition coefficient (Wildman–Crippen LogP) is 2.63. The maximum absolute atomic E-state index is 12.0. The molecule has 2 aromatic carbocycles. The molecule has 1 heterocycles. The van der Waals surface area contributed by atoms with Gasteiger partial charge in [-0.05, 0) is 29.7 Å². The summed E-state index contributed by atoms with van der Waals surface area (Å²) in [6, 6.07) is 8.72. The van der Waals surface area contributed by atoms with E-state index in [-0.39, 0.29) is 39.3 Å². The largest absolute Gasteiger partial charge is 0.508 e. The predicted molar refractivity (Wildman–Crippen MR) is 109 cm³/mol. The van der Waals surface area contributed by atoms with Crippen molar-refractivity contribution in [3.05, 3.63) is 42.0 Å². The summed E-state index contributed by atoms with van der Waals surface area (Å²) in [6.07, 6.45) is 1.07. The van der Waals surface area contributed by atoms with Crippen LogP contribution in [0.15, 0.2) is 41.3 Å². The second-order valence-electron chi connectivity index (χ2n) is 7.22. The number of aliphatic carboxylic acids is 1. The summed E-state index contributed by atoms with van der Waals surface area (Å²) in [4.78, 5) is 11.4. The number of hydrogen-bond acceptors (Lipinski definition) is 7. The minimum absolute atomic E-state index is 0.0480. The Balaban J connectivity index is 2.31. The number of phenolic OH excluding ortho intramolecular Hbond substituents is 2. The van der Waals surface area contributed by atoms with Crippen LogP contribution in [-0.2, 0) is 21.2 Å². The van der Waals surface area contributed by atoms with Gasteiger partial charge in [0.2, 0.25) is 0 Å². The van der Waals surface area contributed by atoms with Crippen LogP contribution in [0.3, 0.4) is 0 Å². The zero-order valence-corrected chi connectivity index (χ0v) is 17.4. The molecule has 0 aliphatic heterocycles. The number of carboxylic acid groups (broad SMARTS) is 1. The lowest BCUT2D eigenvalue weighted by atomic mass is 9.96. The van der Waals surface area contributed by atoms with Crippen LogP contribution in [0.25, 0.3) is 22.5 Å². The SMILES string of the molecule is CC(C)c1cc(-c2nnn(CC(=O)O)c2-c2cccc(S(C)(=O)=O)c2)c(O)cc1O. The Bertz CT molecular complexity index is 1230. The van der Waals surface area contributed by atoms with Crippen LogP contribution in [0.4, 0.5) is 0 Å². The van der Waals surface area contributed by atoms with E-state index < -0.39 is 22.4 Å². The number of aromatic nitrogens is 3. The molecule has 0 aliphatic carbocycles. The smallest absolute Gasteiger partial charge is 0.325 e. The number of aromatic hydroxyl groups is 2. The average molecular weight is 431 g/mol. The summed E-state index contributed by atoms with van der Waals surface area (Å²) in [7, 11) is -3.51. The molecule has 0 saturated heterocycles. The molecule has 0 fully saturated rings. The van der Waals surface area contributed by atoms with Gasteiger partial charge in [-0.1, -0.05) is 31.2 Å². The molecule has 0 saturated carbocycles. The second-order valence-corrected chi connectivity index (χ2v) is 9.24. The van der Waals surface area contributed by atoms with Crippen LogP contribution < -0.4 is 0 Å². The van der Waals surface area contributed by atoms with Crippen molar-refractivity contribution in [2.45, 2.75) is 31.2 Å². The van der Waals surface area contributed by atoms with E-state index >= 15 is 0 Å². The van der Waals surface area contributed by atoms with E-state index in [0.29, 0.717) is 11.1 Å². The zero-order chi connectivity index (χ0) is 22.2. The molecule has 3 N–H and O–H groups in total. The van der Waals surface area contributed by atoms with Crippen molar-refractivity contribution in [1.82, 2.24) is 15.0 Å². The first-order chi connectivity index (χ1) is 14.0. The number of hydrogen-bond donors (Lipinski definition) is 3. The monoisotopic (exact) mass is 431 g/mol. The van der Waals surface area contributed by atoms with Crippen LogP contribution in [-0.4, -0.2) is 51.0 Å². The first-order valence-corrected chi connectivity index (χ1v) is 10.9. The molecule has 0 radical (unpaired) electrons. The van der Waals surface area contributed by atoms with E-state index in [9.17, 15) is 28.5 Å². The van der Waals surface area contributed by atoms with Gasteiger partial charge in [0.1, 0.15) is 23.7 Å². The fraction of sp³-hybridized carbons (Fsp3) is 0.250. The van der Waals surface area contributed by atoms with Gasteiger partial charge in [-0.25, -0.2) is 13.1 Å². The maximum atomic E-state index is 12.0. The average Bonchev–Trinajstić information content (AvgIpc) is 3.03. The van der Waals surface area contributed by atoms with Crippen molar-refractivity contribution in [1.29, 1.82) is 0 Å². The Morgan fingerprint density at radius 3 is 2.43 bits per heavy atom. The first-order valence-electron chi connectivity index (χ1n) is 9.01. The number of carboxylic acids is 1. The minimum Gasteiger partial charge on any atom is -0.508 e. The number of nitrogens with zero attached hydrogens (tertiary/aromatic N) is 3. The molecule has 158 valence electrons. The van der Waals surface area contributed by atoms with Gasteiger partial charge in [0.05, 0.1) is 10.6 Å². The lowest BCUT2D eigenvalue weighted by Gasteiger charge is -2.13. The summed E-state index contributed by atoms with van der Waals surface area (Å²) >= 11 is 0. The molecule has 0 spiro atoms. The third kappa shape index (κ3) is 4.13. The Morgan fingerprint density at radius 2 is 1.83 bits per heavy atom. The Kier molecular flexibility index (Phi) is 5.53. The number of phenols is 2. The normalized spacial score (nSPS) is 11.7. The fourth-order valence-electron chi connectivity index (χ4n) is 3.14. The molecule has 0 atom stereocenters. The molecular weight excluding hydrogens is 410 g/mol. The highest BCUT2D eigenvalue weighted by Crippen LogP contribution is 2.40. The number of carbonyl (C=O) groups is 1. The Labute approximate surface area is 173 Å². The molecule has 3 rings (SSSR count). The molecule has 3 aromatic rings. The van der Waals surface area contributed by atoms with E-state index in [4.69, 9.17) is 0 Å². The van der Waals surface area contributed by atoms with Gasteiger partial charge < -0.3 is 15.3 Å². The third-order valence-corrected chi connectivity index (χ3v) is 5.69. The highest BCUT2D eigenvalue weighted by molar-refractivity contribution is 7.90. The van der Waals surface area contributed by atoms with Crippen molar-refractivity contribution in [2.75, 3.05) is 6.26 Å². The van der Waals surface area contributed by atoms with E-state index in [1.165, 1.54) is 24.3 Å². The minimum atomic E-state index is -3.51. The molecule has 0 unspecified atom stereocenters. The van der Waals surface area contributed by atoms with Gasteiger partial charge in [-0.15, -0.1) is 5.10 Å². The highest BCUT2D eigenvalue weighted by atomic mass is 32.2. The lowest BCUT2D eigenvalue weighted by Crippen LogP contribution is -2.11. The van der Waals surface area contributed by atoms with Crippen molar-refractivity contribution in [3.8, 4) is 34.0 Å². The van der Waals surface area contributed by atoms with Crippen molar-refractivity contribution >= 4 is 15.8 Å². The zero-order valence-electron chi connectivity index (χ0n) is 16.6. The Hall–Kier alpha value is -3.40. The summed E-state index contributed by atoms with van der Waals surface area (Å²) < 4.78 is 25.1. The third-order valence-electron chi connectivity index (χ3n) is 4.58. The molecule has 30 heavy (non-hydrogen) atoms. The maximum Gasteiger partial charge on any atom is 0.325 e. The second kappa shape index (κ2) is 7.79. The molecule has 0 amide bonds. The van der Waals surface area contributed by atoms with Gasteiger partial charge in [0, 0.05) is 23.4 Å². The summed E-state index contributed by atoms with van der Waals surface area (Å²) in [5.74, 6) is -1.57. The van der Waals surface area contributed by atoms with E-state index in [2.05, 4.69) is 10.3 Å². The molecule has 0 bridgehead atoms. The highest BCUT2D eigenvalue weighted by Gasteiger charge is 2.23. The van der Waals surface area contributed by atoms with Crippen LogP contribution in [0.2, 0.25) is 0 Å². The van der Waals surface area contributed by atoms with Gasteiger partial charge in [-0.2, -0.15) is 0 Å². The number of benzene rings is 2. The van der Waals surface area contributed by atoms with Gasteiger partial charge in [-0.3, -0.25) is 4.79 Å². The van der Waals surface area contributed by atoms with E-state index in [1.54, 1.807) is 12.1 Å². The number of sulfone groups is 1. The van der Waals surface area contributed by atoms with Gasteiger partial charge in [0.15, 0.2) is 9.84 Å². The Morgan fingerprint density at radius 1 is 1.13 bits per heavy atom. The summed E-state index contributed by atoms with van der Waals surface area (Å²) in [6.45, 7) is 3.22. The molecular formula is C20H21N3O6S. The summed E-state index contributed by atoms with van der Waals surface area (Å²) in [5, 5.41) is 37.8. The molecule has 0 aliphatic rings. The van der Waals surface area contributed by atoms with E-state index in [1.807, 2.05) is 13.8 Å². The topological polar surface area (TPSA) is 143 Å².